The van der Waals surface area contributed by atoms with E-state index < -0.39 is 0 Å². The van der Waals surface area contributed by atoms with E-state index in [0.717, 1.165) is 36.6 Å². The van der Waals surface area contributed by atoms with Crippen LogP contribution in [0, 0.1) is 0 Å². The van der Waals surface area contributed by atoms with Crippen LogP contribution in [-0.2, 0) is 6.42 Å². The molecule has 0 aliphatic heterocycles. The Labute approximate surface area is 212 Å². The third-order valence-corrected chi connectivity index (χ3v) is 5.90. The summed E-state index contributed by atoms with van der Waals surface area (Å²) in [5.74, 6) is 1.53. The molecule has 0 N–H and O–H groups in total. The molecule has 0 spiro atoms. The highest BCUT2D eigenvalue weighted by molar-refractivity contribution is 5.55. The van der Waals surface area contributed by atoms with Crippen LogP contribution >= 0.6 is 0 Å². The molecule has 0 atom stereocenters. The molecule has 0 bridgehead atoms. The van der Waals surface area contributed by atoms with Crippen LogP contribution in [0.15, 0.2) is 61.4 Å². The lowest BCUT2D eigenvalue weighted by atomic mass is 10.0. The van der Waals surface area contributed by atoms with Crippen molar-refractivity contribution in [1.29, 1.82) is 0 Å². The summed E-state index contributed by atoms with van der Waals surface area (Å²) in [5, 5.41) is 0. The summed E-state index contributed by atoms with van der Waals surface area (Å²) in [6, 6.07) is 10.5. The number of benzene rings is 1. The van der Waals surface area contributed by atoms with Gasteiger partial charge in [-0.2, -0.15) is 0 Å². The van der Waals surface area contributed by atoms with Gasteiger partial charge in [0.05, 0.1) is 19.0 Å². The van der Waals surface area contributed by atoms with Crippen molar-refractivity contribution in [3.05, 3.63) is 67.0 Å². The highest BCUT2D eigenvalue weighted by Gasteiger charge is 2.03. The number of nitrogens with zero attached hydrogens (tertiary/aromatic N) is 4. The molecular weight excluding hydrogens is 432 g/mol. The summed E-state index contributed by atoms with van der Waals surface area (Å²) in [5.41, 5.74) is 2.47. The Kier molecular flexibility index (Phi) is 15.8. The molecule has 3 aromatic rings. The maximum atomic E-state index is 5.79. The molecule has 0 saturated carbocycles. The second-order valence-corrected chi connectivity index (χ2v) is 8.98. The lowest BCUT2D eigenvalue weighted by Crippen LogP contribution is -1.99. The molecule has 0 unspecified atom stereocenters. The van der Waals surface area contributed by atoms with Crippen molar-refractivity contribution in [3.8, 4) is 17.1 Å². The molecule has 0 aliphatic rings. The van der Waals surface area contributed by atoms with Crippen molar-refractivity contribution < 1.29 is 4.74 Å². The fraction of sp³-hybridized carbons (Fsp3) is 0.533. The Balaban J connectivity index is 0.000000625. The first-order valence-corrected chi connectivity index (χ1v) is 13.6. The number of hydrogen-bond acceptors (Lipinski definition) is 5. The third-order valence-electron chi connectivity index (χ3n) is 5.90. The molecule has 5 heteroatoms. The van der Waals surface area contributed by atoms with E-state index >= 15 is 0 Å². The molecule has 5 nitrogen and oxygen atoms in total. The van der Waals surface area contributed by atoms with Crippen molar-refractivity contribution in [1.82, 2.24) is 19.9 Å². The molecule has 0 aliphatic carbocycles. The highest BCUT2D eigenvalue weighted by atomic mass is 16.5. The average Bonchev–Trinajstić information content (AvgIpc) is 2.92. The van der Waals surface area contributed by atoms with Crippen LogP contribution in [0.4, 0.5) is 0 Å². The van der Waals surface area contributed by atoms with E-state index in [-0.39, 0.29) is 0 Å². The third kappa shape index (κ3) is 13.6. The number of aromatic nitrogens is 4. The number of aryl methyl sites for hydroxylation is 1. The zero-order valence-corrected chi connectivity index (χ0v) is 21.9. The molecule has 1 aromatic carbocycles. The number of rotatable bonds is 16. The summed E-state index contributed by atoms with van der Waals surface area (Å²) in [6.07, 6.45) is 25.3. The van der Waals surface area contributed by atoms with Gasteiger partial charge >= 0.3 is 0 Å². The lowest BCUT2D eigenvalue weighted by Gasteiger charge is -2.07. The molecule has 0 amide bonds. The second-order valence-electron chi connectivity index (χ2n) is 8.98. The first kappa shape index (κ1) is 28.4. The summed E-state index contributed by atoms with van der Waals surface area (Å²) in [6.45, 7) is 5.27. The van der Waals surface area contributed by atoms with Crippen LogP contribution < -0.4 is 4.74 Å². The van der Waals surface area contributed by atoms with Gasteiger partial charge in [-0.3, -0.25) is 0 Å². The summed E-state index contributed by atoms with van der Waals surface area (Å²) < 4.78 is 5.79. The lowest BCUT2D eigenvalue weighted by molar-refractivity contribution is 0.302. The van der Waals surface area contributed by atoms with E-state index in [1.54, 1.807) is 30.9 Å². The van der Waals surface area contributed by atoms with Gasteiger partial charge in [-0.25, -0.2) is 19.9 Å². The SMILES string of the molecule is CCCCCCCCCOc1cnc(-c2ccc(CCCCCCC)cc2)nc1.c1cncnc1. The first-order chi connectivity index (χ1) is 17.3. The zero-order valence-electron chi connectivity index (χ0n) is 21.9. The zero-order chi connectivity index (χ0) is 24.8. The second kappa shape index (κ2) is 19.5. The maximum Gasteiger partial charge on any atom is 0.159 e. The Hall–Kier alpha value is -2.82. The van der Waals surface area contributed by atoms with Gasteiger partial charge < -0.3 is 4.74 Å². The van der Waals surface area contributed by atoms with Crippen molar-refractivity contribution in [2.24, 2.45) is 0 Å². The monoisotopic (exact) mass is 476 g/mol. The van der Waals surface area contributed by atoms with Crippen molar-refractivity contribution in [2.75, 3.05) is 6.61 Å². The van der Waals surface area contributed by atoms with Gasteiger partial charge in [-0.15, -0.1) is 0 Å². The predicted molar refractivity (Wildman–Crippen MR) is 145 cm³/mol. The average molecular weight is 477 g/mol. The standard InChI is InChI=1S/C26H40N2O.C4H4N2/c1-3-5-7-9-10-12-14-20-29-25-21-27-26(28-22-25)24-18-16-23(17-19-24)15-13-11-8-6-4-2;1-2-5-4-6-3-1/h16-19,21-22H,3-15,20H2,1-2H3;1-4H. The van der Waals surface area contributed by atoms with Crippen LogP contribution in [0.3, 0.4) is 0 Å². The number of unbranched alkanes of at least 4 members (excludes halogenated alkanes) is 10. The largest absolute Gasteiger partial charge is 0.490 e. The maximum absolute atomic E-state index is 5.79. The minimum atomic E-state index is 0.753. The molecule has 2 heterocycles. The van der Waals surface area contributed by atoms with Gasteiger partial charge in [0, 0.05) is 18.0 Å². The van der Waals surface area contributed by atoms with Crippen LogP contribution in [0.5, 0.6) is 5.75 Å². The van der Waals surface area contributed by atoms with E-state index in [4.69, 9.17) is 4.74 Å². The predicted octanol–water partition coefficient (Wildman–Crippen LogP) is 8.26. The summed E-state index contributed by atoms with van der Waals surface area (Å²) >= 11 is 0. The summed E-state index contributed by atoms with van der Waals surface area (Å²) in [7, 11) is 0. The van der Waals surface area contributed by atoms with E-state index in [0.29, 0.717) is 0 Å². The van der Waals surface area contributed by atoms with Crippen molar-refractivity contribution in [3.63, 3.8) is 0 Å². The van der Waals surface area contributed by atoms with Gasteiger partial charge in [-0.05, 0) is 30.9 Å². The Morgan fingerprint density at radius 1 is 0.657 bits per heavy atom. The summed E-state index contributed by atoms with van der Waals surface area (Å²) in [4.78, 5) is 16.3. The Bertz CT molecular complexity index is 827. The Morgan fingerprint density at radius 2 is 1.23 bits per heavy atom. The van der Waals surface area contributed by atoms with E-state index in [1.807, 2.05) is 0 Å². The van der Waals surface area contributed by atoms with Gasteiger partial charge in [0.25, 0.3) is 0 Å². The highest BCUT2D eigenvalue weighted by Crippen LogP contribution is 2.19. The molecule has 3 rings (SSSR count). The van der Waals surface area contributed by atoms with E-state index in [1.165, 1.54) is 82.5 Å². The van der Waals surface area contributed by atoms with Gasteiger partial charge in [0.2, 0.25) is 0 Å². The fourth-order valence-corrected chi connectivity index (χ4v) is 3.80. The van der Waals surface area contributed by atoms with Crippen molar-refractivity contribution >= 4 is 0 Å². The molecule has 35 heavy (non-hydrogen) atoms. The normalized spacial score (nSPS) is 10.5. The molecule has 0 saturated heterocycles. The van der Waals surface area contributed by atoms with Crippen LogP contribution in [0.1, 0.15) is 96.5 Å². The minimum absolute atomic E-state index is 0.753. The number of ether oxygens (including phenoxy) is 1. The Morgan fingerprint density at radius 3 is 1.77 bits per heavy atom. The fourth-order valence-electron chi connectivity index (χ4n) is 3.80. The molecule has 0 fully saturated rings. The molecule has 190 valence electrons. The van der Waals surface area contributed by atoms with Crippen LogP contribution in [-0.4, -0.2) is 26.5 Å². The van der Waals surface area contributed by atoms with Gasteiger partial charge in [0.1, 0.15) is 6.33 Å². The van der Waals surface area contributed by atoms with Crippen LogP contribution in [0.25, 0.3) is 11.4 Å². The van der Waals surface area contributed by atoms with Gasteiger partial charge in [0.15, 0.2) is 11.6 Å². The smallest absolute Gasteiger partial charge is 0.159 e. The quantitative estimate of drug-likeness (QED) is 0.195. The molecule has 2 aromatic heterocycles. The van der Waals surface area contributed by atoms with Crippen molar-refractivity contribution in [2.45, 2.75) is 97.3 Å². The van der Waals surface area contributed by atoms with E-state index in [9.17, 15) is 0 Å². The molecule has 0 radical (unpaired) electrons. The minimum Gasteiger partial charge on any atom is -0.490 e. The van der Waals surface area contributed by atoms with Crippen LogP contribution in [0.2, 0.25) is 0 Å². The molecular formula is C30H44N4O. The topological polar surface area (TPSA) is 60.8 Å². The van der Waals surface area contributed by atoms with Gasteiger partial charge in [-0.1, -0.05) is 102 Å². The van der Waals surface area contributed by atoms with E-state index in [2.05, 4.69) is 58.0 Å². The number of hydrogen-bond donors (Lipinski definition) is 0. The first-order valence-electron chi connectivity index (χ1n) is 13.6.